The van der Waals surface area contributed by atoms with Crippen LogP contribution < -0.4 is 0 Å². The number of benzene rings is 3. The SMILES string of the molecule is O=S(=O)(O)C(c1cccc(Cl)c1)(c1ccc(Cl)cc1O)c1ccc(O)c(Cl)c1Cl. The zero-order valence-electron chi connectivity index (χ0n) is 14.3. The van der Waals surface area contributed by atoms with Crippen LogP contribution in [0.3, 0.4) is 0 Å². The predicted molar refractivity (Wildman–Crippen MR) is 114 cm³/mol. The van der Waals surface area contributed by atoms with Gasteiger partial charge in [0.25, 0.3) is 10.1 Å². The van der Waals surface area contributed by atoms with Crippen molar-refractivity contribution in [2.45, 2.75) is 4.75 Å². The standard InChI is InChI=1S/C19H12Cl4O5S/c20-11-3-1-2-10(8-11)19(29(26,27)28,13-5-4-12(21)9-16(13)25)14-6-7-15(24)18(23)17(14)22/h1-9,24-25H,(H,26,27,28). The number of hydrogen-bond acceptors (Lipinski definition) is 4. The van der Waals surface area contributed by atoms with Crippen molar-refractivity contribution < 1.29 is 23.2 Å². The van der Waals surface area contributed by atoms with Crippen LogP contribution in [0.1, 0.15) is 16.7 Å². The molecule has 0 amide bonds. The monoisotopic (exact) mass is 492 g/mol. The summed E-state index contributed by atoms with van der Waals surface area (Å²) < 4.78 is 34.0. The van der Waals surface area contributed by atoms with Gasteiger partial charge in [0, 0.05) is 21.2 Å². The van der Waals surface area contributed by atoms with Crippen LogP contribution in [0.2, 0.25) is 20.1 Å². The van der Waals surface area contributed by atoms with Crippen molar-refractivity contribution >= 4 is 56.5 Å². The van der Waals surface area contributed by atoms with Crippen LogP contribution in [0.4, 0.5) is 0 Å². The van der Waals surface area contributed by atoms with Crippen molar-refractivity contribution in [2.75, 3.05) is 0 Å². The van der Waals surface area contributed by atoms with Crippen LogP contribution in [0, 0.1) is 0 Å². The molecule has 0 radical (unpaired) electrons. The smallest absolute Gasteiger partial charge is 0.283 e. The van der Waals surface area contributed by atoms with Gasteiger partial charge in [-0.1, -0.05) is 70.7 Å². The average molecular weight is 494 g/mol. The fourth-order valence-corrected chi connectivity index (χ4v) is 5.41. The Kier molecular flexibility index (Phi) is 5.98. The van der Waals surface area contributed by atoms with Crippen molar-refractivity contribution in [1.29, 1.82) is 0 Å². The molecule has 0 aliphatic carbocycles. The lowest BCUT2D eigenvalue weighted by molar-refractivity contribution is 0.440. The van der Waals surface area contributed by atoms with Gasteiger partial charge in [0.15, 0.2) is 4.75 Å². The van der Waals surface area contributed by atoms with Gasteiger partial charge in [-0.3, -0.25) is 4.55 Å². The minimum atomic E-state index is -5.08. The van der Waals surface area contributed by atoms with E-state index in [-0.39, 0.29) is 36.8 Å². The second-order valence-corrected chi connectivity index (χ2v) is 9.28. The fraction of sp³-hybridized carbons (Fsp3) is 0.0526. The van der Waals surface area contributed by atoms with Gasteiger partial charge in [-0.05, 0) is 35.9 Å². The van der Waals surface area contributed by atoms with E-state index in [2.05, 4.69) is 0 Å². The van der Waals surface area contributed by atoms with Crippen molar-refractivity contribution in [3.05, 3.63) is 91.4 Å². The topological polar surface area (TPSA) is 94.8 Å². The first-order valence-corrected chi connectivity index (χ1v) is 10.8. The van der Waals surface area contributed by atoms with Gasteiger partial charge < -0.3 is 10.2 Å². The molecule has 0 aliphatic rings. The summed E-state index contributed by atoms with van der Waals surface area (Å²) in [4.78, 5) is 0. The van der Waals surface area contributed by atoms with Crippen LogP contribution in [-0.2, 0) is 14.9 Å². The molecule has 0 fully saturated rings. The fourth-order valence-electron chi connectivity index (χ4n) is 3.20. The van der Waals surface area contributed by atoms with E-state index in [1.165, 1.54) is 42.5 Å². The maximum Gasteiger partial charge on any atom is 0.283 e. The molecule has 152 valence electrons. The van der Waals surface area contributed by atoms with Crippen molar-refractivity contribution in [2.24, 2.45) is 0 Å². The van der Waals surface area contributed by atoms with Crippen LogP contribution in [0.5, 0.6) is 11.5 Å². The highest BCUT2D eigenvalue weighted by atomic mass is 35.5. The van der Waals surface area contributed by atoms with E-state index in [0.717, 1.165) is 12.1 Å². The third kappa shape index (κ3) is 3.65. The van der Waals surface area contributed by atoms with E-state index in [1.807, 2.05) is 0 Å². The lowest BCUT2D eigenvalue weighted by atomic mass is 9.83. The molecule has 29 heavy (non-hydrogen) atoms. The molecule has 3 rings (SSSR count). The second-order valence-electron chi connectivity index (χ2n) is 6.09. The summed E-state index contributed by atoms with van der Waals surface area (Å²) in [6.45, 7) is 0. The molecule has 0 saturated carbocycles. The highest BCUT2D eigenvalue weighted by Crippen LogP contribution is 2.51. The first-order chi connectivity index (χ1) is 13.5. The molecule has 0 saturated heterocycles. The molecule has 1 unspecified atom stereocenters. The maximum absolute atomic E-state index is 13.0. The summed E-state index contributed by atoms with van der Waals surface area (Å²) in [6, 6.07) is 11.7. The Morgan fingerprint density at radius 1 is 0.724 bits per heavy atom. The highest BCUT2D eigenvalue weighted by Gasteiger charge is 2.51. The Labute approximate surface area is 186 Å². The molecular formula is C19H12Cl4O5S. The molecule has 0 aromatic heterocycles. The average Bonchev–Trinajstić information content (AvgIpc) is 2.62. The first kappa shape index (κ1) is 22.0. The zero-order valence-corrected chi connectivity index (χ0v) is 18.1. The molecular weight excluding hydrogens is 482 g/mol. The van der Waals surface area contributed by atoms with Crippen molar-refractivity contribution in [1.82, 2.24) is 0 Å². The molecule has 3 aromatic carbocycles. The molecule has 0 heterocycles. The van der Waals surface area contributed by atoms with E-state index < -0.39 is 26.4 Å². The number of halogens is 4. The third-order valence-corrected chi connectivity index (χ3v) is 7.19. The lowest BCUT2D eigenvalue weighted by Gasteiger charge is -2.34. The summed E-state index contributed by atoms with van der Waals surface area (Å²) in [5.74, 6) is -0.911. The maximum atomic E-state index is 13.0. The van der Waals surface area contributed by atoms with Gasteiger partial charge in [-0.2, -0.15) is 8.42 Å². The minimum absolute atomic E-state index is 0.0196. The Morgan fingerprint density at radius 2 is 1.34 bits per heavy atom. The predicted octanol–water partition coefficient (Wildman–Crippen LogP) is 5.89. The van der Waals surface area contributed by atoms with Crippen LogP contribution in [0.25, 0.3) is 0 Å². The number of rotatable bonds is 4. The molecule has 0 spiro atoms. The third-order valence-electron chi connectivity index (χ3n) is 4.40. The summed E-state index contributed by atoms with van der Waals surface area (Å²) in [5.41, 5.74) is -0.464. The van der Waals surface area contributed by atoms with Gasteiger partial charge in [0.05, 0.1) is 5.02 Å². The first-order valence-electron chi connectivity index (χ1n) is 7.89. The quantitative estimate of drug-likeness (QED) is 0.311. The van der Waals surface area contributed by atoms with Gasteiger partial charge >= 0.3 is 0 Å². The minimum Gasteiger partial charge on any atom is -0.508 e. The van der Waals surface area contributed by atoms with Crippen molar-refractivity contribution in [3.63, 3.8) is 0 Å². The van der Waals surface area contributed by atoms with Gasteiger partial charge in [-0.25, -0.2) is 0 Å². The normalized spacial score (nSPS) is 13.8. The molecule has 0 aliphatic heterocycles. The van der Waals surface area contributed by atoms with Gasteiger partial charge in [-0.15, -0.1) is 0 Å². The lowest BCUT2D eigenvalue weighted by Crippen LogP contribution is -2.38. The van der Waals surface area contributed by atoms with E-state index in [9.17, 15) is 23.2 Å². The second kappa shape index (κ2) is 7.87. The molecule has 1 atom stereocenters. The largest absolute Gasteiger partial charge is 0.508 e. The zero-order chi connectivity index (χ0) is 21.6. The highest BCUT2D eigenvalue weighted by molar-refractivity contribution is 7.87. The number of hydrogen-bond donors (Lipinski definition) is 3. The summed E-state index contributed by atoms with van der Waals surface area (Å²) in [7, 11) is -5.08. The Balaban J connectivity index is 2.61. The van der Waals surface area contributed by atoms with Gasteiger partial charge in [0.1, 0.15) is 16.5 Å². The Bertz CT molecular complexity index is 1210. The molecule has 10 heteroatoms. The van der Waals surface area contributed by atoms with Crippen LogP contribution in [0.15, 0.2) is 54.6 Å². The van der Waals surface area contributed by atoms with E-state index in [1.54, 1.807) is 0 Å². The molecule has 0 bridgehead atoms. The molecule has 3 N–H and O–H groups in total. The summed E-state index contributed by atoms with van der Waals surface area (Å²) >= 11 is 24.3. The van der Waals surface area contributed by atoms with E-state index >= 15 is 0 Å². The van der Waals surface area contributed by atoms with E-state index in [0.29, 0.717) is 0 Å². The summed E-state index contributed by atoms with van der Waals surface area (Å²) in [6.07, 6.45) is 0. The van der Waals surface area contributed by atoms with Crippen LogP contribution in [-0.4, -0.2) is 23.2 Å². The van der Waals surface area contributed by atoms with Gasteiger partial charge in [0.2, 0.25) is 0 Å². The Hall–Kier alpha value is -1.67. The molecule has 3 aromatic rings. The Morgan fingerprint density at radius 3 is 1.93 bits per heavy atom. The van der Waals surface area contributed by atoms with Crippen LogP contribution >= 0.6 is 46.4 Å². The number of phenolic OH excluding ortho intramolecular Hbond substituents is 2. The number of aromatic hydroxyl groups is 2. The van der Waals surface area contributed by atoms with E-state index in [4.69, 9.17) is 46.4 Å². The molecule has 5 nitrogen and oxygen atoms in total. The van der Waals surface area contributed by atoms with Crippen molar-refractivity contribution in [3.8, 4) is 11.5 Å². The summed E-state index contributed by atoms with van der Waals surface area (Å²) in [5, 5.41) is 20.1. The number of phenols is 2.